The van der Waals surface area contributed by atoms with Crippen molar-refractivity contribution in [3.8, 4) is 0 Å². The van der Waals surface area contributed by atoms with Crippen LogP contribution in [-0.2, 0) is 14.3 Å². The number of carbonyl (C=O) groups excluding carboxylic acids is 2. The Balaban J connectivity index is 2.17. The average molecular weight is 238 g/mol. The molecule has 0 aromatic heterocycles. The van der Waals surface area contributed by atoms with Gasteiger partial charge in [-0.3, -0.25) is 4.79 Å². The highest BCUT2D eigenvalue weighted by Crippen LogP contribution is 2.27. The zero-order valence-corrected chi connectivity index (χ0v) is 10.6. The van der Waals surface area contributed by atoms with Crippen LogP contribution in [0.5, 0.6) is 0 Å². The third-order valence-electron chi connectivity index (χ3n) is 3.13. The van der Waals surface area contributed by atoms with Gasteiger partial charge in [0.15, 0.2) is 0 Å². The van der Waals surface area contributed by atoms with Gasteiger partial charge in [0.25, 0.3) is 0 Å². The van der Waals surface area contributed by atoms with Crippen molar-refractivity contribution < 1.29 is 14.3 Å². The molecule has 0 bridgehead atoms. The van der Waals surface area contributed by atoms with Crippen molar-refractivity contribution in [3.63, 3.8) is 0 Å². The van der Waals surface area contributed by atoms with Gasteiger partial charge in [-0.1, -0.05) is 12.5 Å². The van der Waals surface area contributed by atoms with E-state index in [-0.39, 0.29) is 23.8 Å². The topological polar surface area (TPSA) is 43.4 Å². The lowest BCUT2D eigenvalue weighted by Gasteiger charge is -2.07. The summed E-state index contributed by atoms with van der Waals surface area (Å²) in [6.45, 7) is 5.21. The summed E-state index contributed by atoms with van der Waals surface area (Å²) >= 11 is 0. The maximum absolute atomic E-state index is 11.5. The van der Waals surface area contributed by atoms with Gasteiger partial charge in [0.1, 0.15) is 11.9 Å². The molecule has 0 aromatic carbocycles. The third-order valence-corrected chi connectivity index (χ3v) is 3.13. The Kier molecular flexibility index (Phi) is 5.95. The fourth-order valence-corrected chi connectivity index (χ4v) is 2.25. The molecule has 3 heteroatoms. The highest BCUT2D eigenvalue weighted by atomic mass is 16.5. The lowest BCUT2D eigenvalue weighted by atomic mass is 9.97. The van der Waals surface area contributed by atoms with Gasteiger partial charge in [-0.05, 0) is 39.0 Å². The Bertz CT molecular complexity index is 283. The summed E-state index contributed by atoms with van der Waals surface area (Å²) in [5.74, 6) is -0.305. The summed E-state index contributed by atoms with van der Waals surface area (Å²) in [6.07, 6.45) is 8.39. The van der Waals surface area contributed by atoms with Crippen LogP contribution in [0.2, 0.25) is 0 Å². The molecule has 1 fully saturated rings. The van der Waals surface area contributed by atoms with Gasteiger partial charge in [0, 0.05) is 6.42 Å². The monoisotopic (exact) mass is 238 g/mol. The van der Waals surface area contributed by atoms with E-state index >= 15 is 0 Å². The summed E-state index contributed by atoms with van der Waals surface area (Å²) in [6, 6.07) is 0. The third kappa shape index (κ3) is 5.16. The van der Waals surface area contributed by atoms with Crippen molar-refractivity contribution in [2.45, 2.75) is 58.0 Å². The number of allylic oxidation sites excluding steroid dienone is 1. The average Bonchev–Trinajstić information content (AvgIpc) is 2.58. The van der Waals surface area contributed by atoms with E-state index in [2.05, 4.69) is 6.58 Å². The minimum atomic E-state index is -0.189. The molecular weight excluding hydrogens is 216 g/mol. The maximum atomic E-state index is 11.5. The van der Waals surface area contributed by atoms with Crippen LogP contribution in [0.4, 0.5) is 0 Å². The normalized spacial score (nSPS) is 23.5. The number of unbranched alkanes of at least 4 members (excludes halogenated alkanes) is 3. The first-order chi connectivity index (χ1) is 8.13. The molecule has 96 valence electrons. The number of hydrogen-bond donors (Lipinski definition) is 0. The van der Waals surface area contributed by atoms with Gasteiger partial charge in [0.05, 0.1) is 5.92 Å². The molecule has 0 radical (unpaired) electrons. The molecule has 2 atom stereocenters. The van der Waals surface area contributed by atoms with E-state index in [9.17, 15) is 9.59 Å². The Morgan fingerprint density at radius 3 is 2.88 bits per heavy atom. The van der Waals surface area contributed by atoms with Gasteiger partial charge >= 0.3 is 5.97 Å². The van der Waals surface area contributed by atoms with Gasteiger partial charge in [-0.2, -0.15) is 0 Å². The number of ether oxygens (including phenoxy) is 1. The predicted octanol–water partition coefficient (Wildman–Crippen LogP) is 3.03. The van der Waals surface area contributed by atoms with E-state index in [4.69, 9.17) is 4.74 Å². The van der Waals surface area contributed by atoms with Crippen LogP contribution in [0.1, 0.15) is 51.9 Å². The lowest BCUT2D eigenvalue weighted by molar-refractivity contribution is -0.145. The van der Waals surface area contributed by atoms with Crippen molar-refractivity contribution in [1.29, 1.82) is 0 Å². The number of ketones is 1. The van der Waals surface area contributed by atoms with Gasteiger partial charge in [0.2, 0.25) is 0 Å². The van der Waals surface area contributed by atoms with Crippen molar-refractivity contribution in [3.05, 3.63) is 12.7 Å². The molecule has 0 aromatic rings. The maximum Gasteiger partial charge on any atom is 0.309 e. The lowest BCUT2D eigenvalue weighted by Crippen LogP contribution is -2.10. The molecule has 1 saturated heterocycles. The highest BCUT2D eigenvalue weighted by Gasteiger charge is 2.34. The van der Waals surface area contributed by atoms with Gasteiger partial charge < -0.3 is 9.53 Å². The molecule has 0 amide bonds. The Morgan fingerprint density at radius 2 is 2.24 bits per heavy atom. The van der Waals surface area contributed by atoms with Crippen LogP contribution in [0.3, 0.4) is 0 Å². The van der Waals surface area contributed by atoms with Crippen molar-refractivity contribution >= 4 is 11.8 Å². The number of Topliss-reactive ketones (excluding diaryl/α,β-unsaturated/α-hetero) is 1. The molecule has 3 nitrogen and oxygen atoms in total. The number of carbonyl (C=O) groups is 2. The first-order valence-corrected chi connectivity index (χ1v) is 6.44. The summed E-state index contributed by atoms with van der Waals surface area (Å²) < 4.78 is 5.27. The fourth-order valence-electron chi connectivity index (χ4n) is 2.25. The van der Waals surface area contributed by atoms with E-state index in [1.807, 2.05) is 6.08 Å². The summed E-state index contributed by atoms with van der Waals surface area (Å²) in [5, 5.41) is 0. The second-order valence-electron chi connectivity index (χ2n) is 4.82. The van der Waals surface area contributed by atoms with Crippen LogP contribution in [0, 0.1) is 5.92 Å². The highest BCUT2D eigenvalue weighted by molar-refractivity contribution is 5.83. The summed E-state index contributed by atoms with van der Waals surface area (Å²) in [5.41, 5.74) is 0. The molecule has 1 heterocycles. The van der Waals surface area contributed by atoms with Crippen LogP contribution >= 0.6 is 0 Å². The fraction of sp³-hybridized carbons (Fsp3) is 0.714. The number of rotatable bonds is 8. The van der Waals surface area contributed by atoms with Crippen molar-refractivity contribution in [2.24, 2.45) is 5.92 Å². The molecule has 0 spiro atoms. The Morgan fingerprint density at radius 1 is 1.47 bits per heavy atom. The SMILES string of the molecule is C=CCCCCC[C@H]1C[C@H](CC(C)=O)C(=O)O1. The molecular formula is C14H22O3. The molecule has 1 aliphatic rings. The zero-order valence-electron chi connectivity index (χ0n) is 10.6. The van der Waals surface area contributed by atoms with E-state index < -0.39 is 0 Å². The molecule has 0 N–H and O–H groups in total. The minimum absolute atomic E-state index is 0.0376. The quantitative estimate of drug-likeness (QED) is 0.371. The molecule has 0 saturated carbocycles. The molecule has 1 rings (SSSR count). The van der Waals surface area contributed by atoms with E-state index in [1.165, 1.54) is 6.92 Å². The number of esters is 1. The van der Waals surface area contributed by atoms with E-state index in [1.54, 1.807) is 0 Å². The zero-order chi connectivity index (χ0) is 12.7. The summed E-state index contributed by atoms with van der Waals surface area (Å²) in [4.78, 5) is 22.4. The minimum Gasteiger partial charge on any atom is -0.462 e. The second-order valence-corrected chi connectivity index (χ2v) is 4.82. The standard InChI is InChI=1S/C14H22O3/c1-3-4-5-6-7-8-13-10-12(9-11(2)15)14(16)17-13/h3,12-13H,1,4-10H2,2H3/t12-,13-/m0/s1. The van der Waals surface area contributed by atoms with Crippen LogP contribution in [0.15, 0.2) is 12.7 Å². The predicted molar refractivity (Wildman–Crippen MR) is 66.6 cm³/mol. The smallest absolute Gasteiger partial charge is 0.309 e. The van der Waals surface area contributed by atoms with Crippen LogP contribution < -0.4 is 0 Å². The van der Waals surface area contributed by atoms with E-state index in [0.717, 1.165) is 38.5 Å². The molecule has 17 heavy (non-hydrogen) atoms. The first-order valence-electron chi connectivity index (χ1n) is 6.44. The van der Waals surface area contributed by atoms with Crippen molar-refractivity contribution in [1.82, 2.24) is 0 Å². The summed E-state index contributed by atoms with van der Waals surface area (Å²) in [7, 11) is 0. The molecule has 0 aliphatic carbocycles. The van der Waals surface area contributed by atoms with Crippen LogP contribution in [-0.4, -0.2) is 17.9 Å². The van der Waals surface area contributed by atoms with Gasteiger partial charge in [-0.25, -0.2) is 0 Å². The van der Waals surface area contributed by atoms with Crippen LogP contribution in [0.25, 0.3) is 0 Å². The van der Waals surface area contributed by atoms with E-state index in [0.29, 0.717) is 6.42 Å². The number of cyclic esters (lactones) is 1. The largest absolute Gasteiger partial charge is 0.462 e. The second kappa shape index (κ2) is 7.25. The number of hydrogen-bond acceptors (Lipinski definition) is 3. The first kappa shape index (κ1) is 13.9. The Labute approximate surface area is 103 Å². The molecule has 0 unspecified atom stereocenters. The van der Waals surface area contributed by atoms with Crippen molar-refractivity contribution in [2.75, 3.05) is 0 Å². The Hall–Kier alpha value is -1.12. The molecule has 1 aliphatic heterocycles. The van der Waals surface area contributed by atoms with Gasteiger partial charge in [-0.15, -0.1) is 6.58 Å².